The molecule has 0 bridgehead atoms. The quantitative estimate of drug-likeness (QED) is 0.680. The highest BCUT2D eigenvalue weighted by molar-refractivity contribution is 6.34. The highest BCUT2D eigenvalue weighted by Gasteiger charge is 2.37. The Hall–Kier alpha value is -3.81. The van der Waals surface area contributed by atoms with E-state index in [1.807, 2.05) is 0 Å². The maximum atomic E-state index is 12.6. The van der Waals surface area contributed by atoms with Crippen molar-refractivity contribution in [2.75, 3.05) is 16.8 Å². The normalized spacial score (nSPS) is 23.5. The Bertz CT molecular complexity index is 1050. The molecule has 4 rings (SSSR count). The predicted molar refractivity (Wildman–Crippen MR) is 105 cm³/mol. The van der Waals surface area contributed by atoms with Gasteiger partial charge < -0.3 is 15.5 Å². The van der Waals surface area contributed by atoms with Crippen molar-refractivity contribution < 1.29 is 14.4 Å². The highest BCUT2D eigenvalue weighted by Crippen LogP contribution is 2.28. The number of Topliss-reactive ketones (excluding diaryl/α,β-unsaturated/α-hetero) is 1. The van der Waals surface area contributed by atoms with Crippen LogP contribution in [0.2, 0.25) is 0 Å². The van der Waals surface area contributed by atoms with E-state index in [-0.39, 0.29) is 41.4 Å². The number of hydrogen-bond acceptors (Lipinski definition) is 5. The number of amides is 2. The van der Waals surface area contributed by atoms with Gasteiger partial charge in [-0.3, -0.25) is 19.8 Å². The smallest absolute Gasteiger partial charge is 0.238 e. The number of allylic oxidation sites excluding steroid dienone is 3. The van der Waals surface area contributed by atoms with Crippen LogP contribution in [0.1, 0.15) is 6.92 Å². The minimum absolute atomic E-state index is 0.0406. The van der Waals surface area contributed by atoms with Gasteiger partial charge in [0.05, 0.1) is 18.2 Å². The second kappa shape index (κ2) is 6.73. The van der Waals surface area contributed by atoms with E-state index < -0.39 is 5.92 Å². The molecule has 8 nitrogen and oxygen atoms in total. The van der Waals surface area contributed by atoms with E-state index in [4.69, 9.17) is 5.41 Å². The van der Waals surface area contributed by atoms with Gasteiger partial charge in [-0.2, -0.15) is 0 Å². The second-order valence-corrected chi connectivity index (χ2v) is 6.56. The molecule has 0 aromatic heterocycles. The molecule has 1 fully saturated rings. The molecule has 1 unspecified atom stereocenters. The third-order valence-electron chi connectivity index (χ3n) is 4.57. The highest BCUT2D eigenvalue weighted by atomic mass is 16.2. The average molecular weight is 375 g/mol. The molecule has 1 aromatic rings. The number of hydrogen-bond donors (Lipinski definition) is 3. The molecule has 0 radical (unpaired) electrons. The number of carbonyl (C=O) groups is 3. The van der Waals surface area contributed by atoms with Gasteiger partial charge in [0.2, 0.25) is 11.8 Å². The topological polar surface area (TPSA) is 115 Å². The summed E-state index contributed by atoms with van der Waals surface area (Å²) in [5.41, 5.74) is 1.78. The van der Waals surface area contributed by atoms with Crippen LogP contribution in [0, 0.1) is 11.3 Å². The van der Waals surface area contributed by atoms with Crippen LogP contribution in [0.15, 0.2) is 65.0 Å². The maximum Gasteiger partial charge on any atom is 0.238 e. The lowest BCUT2D eigenvalue weighted by Gasteiger charge is -2.23. The van der Waals surface area contributed by atoms with Crippen molar-refractivity contribution >= 4 is 40.5 Å². The van der Waals surface area contributed by atoms with Crippen molar-refractivity contribution in [1.29, 1.82) is 5.41 Å². The molecule has 28 heavy (non-hydrogen) atoms. The molecule has 1 aromatic carbocycles. The summed E-state index contributed by atoms with van der Waals surface area (Å²) >= 11 is 0. The first-order valence-electron chi connectivity index (χ1n) is 8.70. The zero-order chi connectivity index (χ0) is 19.8. The lowest BCUT2D eigenvalue weighted by atomic mass is 9.95. The Kier molecular flexibility index (Phi) is 4.23. The van der Waals surface area contributed by atoms with Crippen molar-refractivity contribution in [3.05, 3.63) is 60.0 Å². The first kappa shape index (κ1) is 17.6. The van der Waals surface area contributed by atoms with Gasteiger partial charge in [0, 0.05) is 18.3 Å². The molecule has 140 valence electrons. The molecule has 2 aliphatic heterocycles. The molecule has 0 spiro atoms. The second-order valence-electron chi connectivity index (χ2n) is 6.56. The number of rotatable bonds is 2. The summed E-state index contributed by atoms with van der Waals surface area (Å²) in [6, 6.07) is 6.89. The van der Waals surface area contributed by atoms with E-state index in [0.29, 0.717) is 17.1 Å². The number of ketones is 1. The van der Waals surface area contributed by atoms with Gasteiger partial charge in [-0.15, -0.1) is 0 Å². The Labute approximate surface area is 160 Å². The molecule has 3 aliphatic rings. The molecule has 1 saturated heterocycles. The molecular formula is C20H17N5O3. The molecular weight excluding hydrogens is 358 g/mol. The Morgan fingerprint density at radius 2 is 2.14 bits per heavy atom. The monoisotopic (exact) mass is 375 g/mol. The lowest BCUT2D eigenvalue weighted by Crippen LogP contribution is -2.39. The van der Waals surface area contributed by atoms with Crippen LogP contribution >= 0.6 is 0 Å². The molecule has 8 heteroatoms. The summed E-state index contributed by atoms with van der Waals surface area (Å²) in [7, 11) is 0. The standard InChI is InChI=1S/C20H17N5O3/c1-11(26)22-12-5-4-6-13(9-12)25-10-16(27)17(18(25)21)19-23-15-8-3-2-7-14(15)20(28)24-19/h2-9,14,21H,10H2,1H3,(H,22,26)(H,24,28)/b19-17-,21-18?. The van der Waals surface area contributed by atoms with Crippen LogP contribution in [0.4, 0.5) is 11.4 Å². The molecule has 3 N–H and O–H groups in total. The van der Waals surface area contributed by atoms with Gasteiger partial charge in [-0.05, 0) is 24.3 Å². The minimum Gasteiger partial charge on any atom is -0.326 e. The summed E-state index contributed by atoms with van der Waals surface area (Å²) in [6.07, 6.45) is 7.00. The Morgan fingerprint density at radius 1 is 1.32 bits per heavy atom. The van der Waals surface area contributed by atoms with Gasteiger partial charge in [-0.1, -0.05) is 24.3 Å². The van der Waals surface area contributed by atoms with E-state index in [9.17, 15) is 14.4 Å². The van der Waals surface area contributed by atoms with E-state index in [2.05, 4.69) is 15.6 Å². The average Bonchev–Trinajstić information content (AvgIpc) is 2.95. The molecule has 0 saturated carbocycles. The SMILES string of the molecule is CC(=O)Nc1cccc(N2CC(=O)/C(=C3\N=C4C=CC=CC4C(=O)N3)C2=N)c1. The van der Waals surface area contributed by atoms with E-state index in [1.54, 1.807) is 48.6 Å². The first-order valence-corrected chi connectivity index (χ1v) is 8.70. The number of aliphatic imine (C=N–C) groups is 1. The van der Waals surface area contributed by atoms with E-state index in [1.165, 1.54) is 11.8 Å². The van der Waals surface area contributed by atoms with E-state index in [0.717, 1.165) is 0 Å². The van der Waals surface area contributed by atoms with Crippen molar-refractivity contribution in [2.45, 2.75) is 6.92 Å². The number of fused-ring (bicyclic) bond motifs is 1. The van der Waals surface area contributed by atoms with Gasteiger partial charge in [-0.25, -0.2) is 4.99 Å². The predicted octanol–water partition coefficient (Wildman–Crippen LogP) is 1.54. The van der Waals surface area contributed by atoms with Gasteiger partial charge >= 0.3 is 0 Å². The lowest BCUT2D eigenvalue weighted by molar-refractivity contribution is -0.121. The summed E-state index contributed by atoms with van der Waals surface area (Å²) < 4.78 is 0. The number of nitrogens with one attached hydrogen (secondary N) is 3. The molecule has 2 amide bonds. The fourth-order valence-corrected chi connectivity index (χ4v) is 3.32. The number of carbonyl (C=O) groups excluding carboxylic acids is 3. The Morgan fingerprint density at radius 3 is 2.93 bits per heavy atom. The van der Waals surface area contributed by atoms with Crippen molar-refractivity contribution in [3.63, 3.8) is 0 Å². The van der Waals surface area contributed by atoms with Crippen molar-refractivity contribution in [1.82, 2.24) is 5.32 Å². The van der Waals surface area contributed by atoms with Crippen LogP contribution in [0.25, 0.3) is 0 Å². The van der Waals surface area contributed by atoms with Crippen LogP contribution in [-0.4, -0.2) is 35.7 Å². The fraction of sp³-hybridized carbons (Fsp3) is 0.150. The summed E-state index contributed by atoms with van der Waals surface area (Å²) in [4.78, 5) is 42.2. The van der Waals surface area contributed by atoms with Gasteiger partial charge in [0.15, 0.2) is 5.78 Å². The summed E-state index contributed by atoms with van der Waals surface area (Å²) in [5.74, 6) is -1.21. The molecule has 1 aliphatic carbocycles. The number of nitrogens with zero attached hydrogens (tertiary/aromatic N) is 2. The number of benzene rings is 1. The van der Waals surface area contributed by atoms with E-state index >= 15 is 0 Å². The van der Waals surface area contributed by atoms with Crippen LogP contribution in [-0.2, 0) is 14.4 Å². The van der Waals surface area contributed by atoms with Crippen LogP contribution in [0.5, 0.6) is 0 Å². The van der Waals surface area contributed by atoms with Crippen LogP contribution < -0.4 is 15.5 Å². The fourth-order valence-electron chi connectivity index (χ4n) is 3.32. The number of amidine groups is 1. The minimum atomic E-state index is -0.481. The van der Waals surface area contributed by atoms with Gasteiger partial charge in [0.1, 0.15) is 17.2 Å². The molecule has 2 heterocycles. The third kappa shape index (κ3) is 3.05. The summed E-state index contributed by atoms with van der Waals surface area (Å²) in [5, 5.41) is 13.8. The maximum absolute atomic E-state index is 12.6. The zero-order valence-corrected chi connectivity index (χ0v) is 15.0. The summed E-state index contributed by atoms with van der Waals surface area (Å²) in [6.45, 7) is 1.37. The van der Waals surface area contributed by atoms with Gasteiger partial charge in [0.25, 0.3) is 0 Å². The van der Waals surface area contributed by atoms with Crippen LogP contribution in [0.3, 0.4) is 0 Å². The third-order valence-corrected chi connectivity index (χ3v) is 4.57. The largest absolute Gasteiger partial charge is 0.326 e. The van der Waals surface area contributed by atoms with Crippen molar-refractivity contribution in [3.8, 4) is 0 Å². The molecule has 1 atom stereocenters. The zero-order valence-electron chi connectivity index (χ0n) is 15.0. The van der Waals surface area contributed by atoms with Crippen molar-refractivity contribution in [2.24, 2.45) is 10.9 Å². The Balaban J connectivity index is 1.69. The number of anilines is 2. The first-order chi connectivity index (χ1) is 13.4.